The van der Waals surface area contributed by atoms with E-state index in [9.17, 15) is 4.79 Å². The second kappa shape index (κ2) is 9.61. The lowest BCUT2D eigenvalue weighted by atomic mass is 10.2. The number of rotatable bonds is 6. The highest BCUT2D eigenvalue weighted by Gasteiger charge is 2.03. The van der Waals surface area contributed by atoms with Crippen molar-refractivity contribution in [3.8, 4) is 11.8 Å². The normalized spacial score (nSPS) is 9.75. The van der Waals surface area contributed by atoms with E-state index in [1.807, 2.05) is 36.4 Å². The molecule has 5 heteroatoms. The van der Waals surface area contributed by atoms with Gasteiger partial charge in [0, 0.05) is 35.0 Å². The molecular weight excluding hydrogens is 324 g/mol. The maximum atomic E-state index is 11.8. The number of hydrogen-bond donors (Lipinski definition) is 3. The number of anilines is 1. The summed E-state index contributed by atoms with van der Waals surface area (Å²) < 4.78 is 0. The van der Waals surface area contributed by atoms with Crippen LogP contribution in [0.3, 0.4) is 0 Å². The number of halogens is 1. The molecule has 0 aromatic heterocycles. The van der Waals surface area contributed by atoms with Gasteiger partial charge in [-0.3, -0.25) is 4.79 Å². The van der Waals surface area contributed by atoms with Crippen LogP contribution in [-0.4, -0.2) is 30.7 Å². The Kier molecular flexibility index (Phi) is 7.16. The largest absolute Gasteiger partial charge is 0.396 e. The zero-order valence-corrected chi connectivity index (χ0v) is 13.9. The molecule has 0 fully saturated rings. The maximum Gasteiger partial charge on any atom is 0.251 e. The first kappa shape index (κ1) is 17.9. The third-order valence-electron chi connectivity index (χ3n) is 3.23. The maximum absolute atomic E-state index is 11.8. The first-order chi connectivity index (χ1) is 11.7. The van der Waals surface area contributed by atoms with E-state index in [1.165, 1.54) is 0 Å². The van der Waals surface area contributed by atoms with Crippen LogP contribution in [0.2, 0.25) is 5.02 Å². The third-order valence-corrected chi connectivity index (χ3v) is 3.48. The summed E-state index contributed by atoms with van der Waals surface area (Å²) >= 11 is 5.82. The summed E-state index contributed by atoms with van der Waals surface area (Å²) in [6.07, 6.45) is 0.553. The summed E-state index contributed by atoms with van der Waals surface area (Å²) in [6.45, 7) is 1.04. The molecule has 0 saturated heterocycles. The van der Waals surface area contributed by atoms with Crippen LogP contribution < -0.4 is 10.6 Å². The molecule has 0 atom stereocenters. The molecule has 124 valence electrons. The van der Waals surface area contributed by atoms with E-state index in [0.29, 0.717) is 30.1 Å². The second-order valence-electron chi connectivity index (χ2n) is 5.07. The Labute approximate surface area is 146 Å². The molecule has 3 N–H and O–H groups in total. The average Bonchev–Trinajstić information content (AvgIpc) is 2.61. The molecule has 2 aromatic carbocycles. The van der Waals surface area contributed by atoms with Crippen molar-refractivity contribution in [2.75, 3.05) is 25.0 Å². The van der Waals surface area contributed by atoms with Gasteiger partial charge >= 0.3 is 0 Å². The lowest BCUT2D eigenvalue weighted by molar-refractivity contribution is 0.0951. The van der Waals surface area contributed by atoms with E-state index in [-0.39, 0.29) is 12.5 Å². The Bertz CT molecular complexity index is 716. The number of hydrogen-bond acceptors (Lipinski definition) is 3. The van der Waals surface area contributed by atoms with E-state index < -0.39 is 0 Å². The fourth-order valence-corrected chi connectivity index (χ4v) is 2.07. The molecule has 0 aliphatic heterocycles. The van der Waals surface area contributed by atoms with Crippen molar-refractivity contribution in [3.05, 3.63) is 64.7 Å². The lowest BCUT2D eigenvalue weighted by Gasteiger charge is -2.06. The Hall–Kier alpha value is -2.48. The van der Waals surface area contributed by atoms with Crippen LogP contribution in [0.4, 0.5) is 5.69 Å². The number of carbonyl (C=O) groups excluding carboxylic acids is 1. The first-order valence-electron chi connectivity index (χ1n) is 7.66. The summed E-state index contributed by atoms with van der Waals surface area (Å²) in [5.74, 6) is 5.94. The van der Waals surface area contributed by atoms with Gasteiger partial charge < -0.3 is 15.7 Å². The van der Waals surface area contributed by atoms with Gasteiger partial charge in [0.15, 0.2) is 0 Å². The minimum absolute atomic E-state index is 0.0696. The highest BCUT2D eigenvalue weighted by atomic mass is 35.5. The number of nitrogens with one attached hydrogen (secondary N) is 2. The van der Waals surface area contributed by atoms with Crippen molar-refractivity contribution in [2.45, 2.75) is 6.42 Å². The minimum atomic E-state index is -0.141. The monoisotopic (exact) mass is 342 g/mol. The van der Waals surface area contributed by atoms with Crippen molar-refractivity contribution < 1.29 is 9.90 Å². The van der Waals surface area contributed by atoms with Crippen molar-refractivity contribution in [1.29, 1.82) is 0 Å². The van der Waals surface area contributed by atoms with Gasteiger partial charge in [-0.1, -0.05) is 23.4 Å². The lowest BCUT2D eigenvalue weighted by Crippen LogP contribution is -2.24. The van der Waals surface area contributed by atoms with Crippen LogP contribution in [0, 0.1) is 11.8 Å². The van der Waals surface area contributed by atoms with Crippen molar-refractivity contribution >= 4 is 23.2 Å². The Morgan fingerprint density at radius 1 is 1.08 bits per heavy atom. The zero-order chi connectivity index (χ0) is 17.2. The fourth-order valence-electron chi connectivity index (χ4n) is 1.95. The number of aliphatic hydroxyl groups is 1. The molecular formula is C19H19ClN2O2. The number of carbonyl (C=O) groups is 1. The van der Waals surface area contributed by atoms with Gasteiger partial charge in [-0.15, -0.1) is 0 Å². The smallest absolute Gasteiger partial charge is 0.251 e. The first-order valence-corrected chi connectivity index (χ1v) is 8.04. The van der Waals surface area contributed by atoms with E-state index in [1.54, 1.807) is 12.1 Å². The molecule has 1 amide bonds. The number of aliphatic hydroxyl groups excluding tert-OH is 1. The number of benzene rings is 2. The fraction of sp³-hybridized carbons (Fsp3) is 0.211. The van der Waals surface area contributed by atoms with E-state index >= 15 is 0 Å². The van der Waals surface area contributed by atoms with E-state index in [4.69, 9.17) is 16.7 Å². The molecule has 2 aromatic rings. The Morgan fingerprint density at radius 3 is 2.46 bits per heavy atom. The van der Waals surface area contributed by atoms with E-state index in [0.717, 1.165) is 11.3 Å². The molecule has 0 aliphatic carbocycles. The molecule has 0 bridgehead atoms. The van der Waals surface area contributed by atoms with Gasteiger partial charge in [-0.05, 0) is 55.0 Å². The Balaban J connectivity index is 1.81. The highest BCUT2D eigenvalue weighted by Crippen LogP contribution is 2.10. The topological polar surface area (TPSA) is 61.4 Å². The molecule has 24 heavy (non-hydrogen) atoms. The van der Waals surface area contributed by atoms with Crippen LogP contribution in [0.15, 0.2) is 48.5 Å². The Morgan fingerprint density at radius 2 is 1.79 bits per heavy atom. The van der Waals surface area contributed by atoms with Crippen LogP contribution in [0.25, 0.3) is 0 Å². The molecule has 2 rings (SSSR count). The van der Waals surface area contributed by atoms with Gasteiger partial charge in [-0.2, -0.15) is 0 Å². The summed E-state index contributed by atoms with van der Waals surface area (Å²) in [5.41, 5.74) is 2.40. The van der Waals surface area contributed by atoms with Crippen LogP contribution >= 0.6 is 11.6 Å². The van der Waals surface area contributed by atoms with E-state index in [2.05, 4.69) is 22.5 Å². The molecule has 4 nitrogen and oxygen atoms in total. The molecule has 0 saturated carbocycles. The highest BCUT2D eigenvalue weighted by molar-refractivity contribution is 6.30. The van der Waals surface area contributed by atoms with Crippen molar-refractivity contribution in [2.24, 2.45) is 0 Å². The molecule has 0 spiro atoms. The second-order valence-corrected chi connectivity index (χ2v) is 5.51. The summed E-state index contributed by atoms with van der Waals surface area (Å²) in [5, 5.41) is 15.3. The van der Waals surface area contributed by atoms with Gasteiger partial charge in [0.2, 0.25) is 0 Å². The summed E-state index contributed by atoms with van der Waals surface area (Å²) in [4.78, 5) is 11.8. The van der Waals surface area contributed by atoms with Crippen LogP contribution in [0.1, 0.15) is 22.3 Å². The predicted molar refractivity (Wildman–Crippen MR) is 97.3 cm³/mol. The standard InChI is InChI=1S/C19H19ClN2O2/c20-17-8-4-15(5-9-17)3-1-12-21-18-10-6-16(7-11-18)19(24)22-13-2-14-23/h4-11,21,23H,2,12-14H2,(H,22,24). The van der Waals surface area contributed by atoms with Crippen molar-refractivity contribution in [3.63, 3.8) is 0 Å². The van der Waals surface area contributed by atoms with Gasteiger partial charge in [0.05, 0.1) is 6.54 Å². The van der Waals surface area contributed by atoms with Gasteiger partial charge in [0.25, 0.3) is 5.91 Å². The SMILES string of the molecule is O=C(NCCCO)c1ccc(NCC#Cc2ccc(Cl)cc2)cc1. The summed E-state index contributed by atoms with van der Waals surface area (Å²) in [6, 6.07) is 14.5. The number of amides is 1. The molecule has 0 radical (unpaired) electrons. The van der Waals surface area contributed by atoms with Gasteiger partial charge in [0.1, 0.15) is 0 Å². The van der Waals surface area contributed by atoms with Gasteiger partial charge in [-0.25, -0.2) is 0 Å². The molecule has 0 unspecified atom stereocenters. The molecule has 0 heterocycles. The quantitative estimate of drug-likeness (QED) is 0.559. The zero-order valence-electron chi connectivity index (χ0n) is 13.2. The van der Waals surface area contributed by atoms with Crippen LogP contribution in [-0.2, 0) is 0 Å². The van der Waals surface area contributed by atoms with Crippen molar-refractivity contribution in [1.82, 2.24) is 5.32 Å². The molecule has 0 aliphatic rings. The third kappa shape index (κ3) is 5.96. The summed E-state index contributed by atoms with van der Waals surface area (Å²) in [7, 11) is 0. The average molecular weight is 343 g/mol. The van der Waals surface area contributed by atoms with Crippen LogP contribution in [0.5, 0.6) is 0 Å². The minimum Gasteiger partial charge on any atom is -0.396 e. The predicted octanol–water partition coefficient (Wildman–Crippen LogP) is 2.92.